The molecule has 2 aliphatic heterocycles. The molecule has 0 aromatic heterocycles. The minimum atomic E-state index is -3.95. The third-order valence-electron chi connectivity index (χ3n) is 6.69. The monoisotopic (exact) mass is 470 g/mol. The van der Waals surface area contributed by atoms with E-state index in [2.05, 4.69) is 23.7 Å². The largest absolute Gasteiger partial charge is 0.395 e. The van der Waals surface area contributed by atoms with Crippen LogP contribution in [0, 0.1) is 17.7 Å². The van der Waals surface area contributed by atoms with Gasteiger partial charge in [0.1, 0.15) is 10.7 Å². The predicted molar refractivity (Wildman–Crippen MR) is 127 cm³/mol. The fourth-order valence-corrected chi connectivity index (χ4v) is 6.56. The van der Waals surface area contributed by atoms with Crippen LogP contribution in [0.15, 0.2) is 53.4 Å². The van der Waals surface area contributed by atoms with Crippen LogP contribution in [-0.4, -0.2) is 61.1 Å². The van der Waals surface area contributed by atoms with Crippen molar-refractivity contribution in [2.75, 3.05) is 26.2 Å². The van der Waals surface area contributed by atoms with Gasteiger partial charge in [-0.15, -0.1) is 0 Å². The molecule has 2 saturated heterocycles. The Morgan fingerprint density at radius 1 is 1.09 bits per heavy atom. The Kier molecular flexibility index (Phi) is 7.50. The second-order valence-corrected chi connectivity index (χ2v) is 10.7. The van der Waals surface area contributed by atoms with Crippen molar-refractivity contribution in [1.82, 2.24) is 9.21 Å². The van der Waals surface area contributed by atoms with Gasteiger partial charge in [0.2, 0.25) is 10.0 Å². The van der Waals surface area contributed by atoms with Gasteiger partial charge in [-0.1, -0.05) is 43.0 Å². The van der Waals surface area contributed by atoms with E-state index in [1.165, 1.54) is 22.5 Å². The molecule has 3 atom stereocenters. The standard InChI is InChI=1S/C26H31FN2O3S/c1-2-3-4-9-20-12-14-21(15-13-20)26-23-18-28(16-7-8-17-29(23)24(26)19-30)33(31,32)25-11-6-5-10-22(25)27/h5-6,10-15,23-24,26,30H,2-3,7-8,16-19H2,1H3/t23-,24-,26-/m1/s1. The second-order valence-electron chi connectivity index (χ2n) is 8.76. The number of sulfonamides is 1. The molecule has 0 bridgehead atoms. The first-order valence-corrected chi connectivity index (χ1v) is 13.1. The number of nitrogens with zero attached hydrogens (tertiary/aromatic N) is 2. The Hall–Kier alpha value is -2.24. The van der Waals surface area contributed by atoms with Crippen LogP contribution in [0.2, 0.25) is 0 Å². The zero-order chi connectivity index (χ0) is 23.4. The number of aliphatic hydroxyl groups excluding tert-OH is 1. The summed E-state index contributed by atoms with van der Waals surface area (Å²) in [6.07, 6.45) is 3.41. The summed E-state index contributed by atoms with van der Waals surface area (Å²) in [4.78, 5) is 1.93. The first-order valence-electron chi connectivity index (χ1n) is 11.7. The van der Waals surface area contributed by atoms with E-state index in [0.29, 0.717) is 13.0 Å². The molecule has 5 nitrogen and oxygen atoms in total. The summed E-state index contributed by atoms with van der Waals surface area (Å²) in [5.41, 5.74) is 2.02. The number of unbranched alkanes of at least 4 members (excludes halogenated alkanes) is 1. The summed E-state index contributed by atoms with van der Waals surface area (Å²) in [7, 11) is -3.95. The molecule has 176 valence electrons. The van der Waals surface area contributed by atoms with Gasteiger partial charge in [0.05, 0.1) is 6.61 Å². The number of fused-ring (bicyclic) bond motifs is 1. The number of halogens is 1. The van der Waals surface area contributed by atoms with Gasteiger partial charge in [-0.25, -0.2) is 12.8 Å². The number of benzene rings is 2. The first kappa shape index (κ1) is 23.9. The van der Waals surface area contributed by atoms with Crippen molar-refractivity contribution in [2.45, 2.75) is 55.5 Å². The lowest BCUT2D eigenvalue weighted by molar-refractivity contribution is -0.0554. The molecule has 0 aliphatic carbocycles. The van der Waals surface area contributed by atoms with Crippen LogP contribution in [0.4, 0.5) is 4.39 Å². The van der Waals surface area contributed by atoms with Crippen molar-refractivity contribution in [2.24, 2.45) is 0 Å². The fraction of sp³-hybridized carbons (Fsp3) is 0.462. The SMILES string of the molecule is CCCC#Cc1ccc([C@H]2[C@@H](CO)N3CCCCN(S(=O)(=O)c4ccccc4F)C[C@H]23)cc1. The highest BCUT2D eigenvalue weighted by Gasteiger charge is 2.50. The van der Waals surface area contributed by atoms with E-state index in [-0.39, 0.29) is 36.0 Å². The molecule has 7 heteroatoms. The van der Waals surface area contributed by atoms with E-state index in [1.54, 1.807) is 6.07 Å². The van der Waals surface area contributed by atoms with E-state index >= 15 is 0 Å². The molecule has 2 heterocycles. The summed E-state index contributed by atoms with van der Waals surface area (Å²) in [5, 5.41) is 10.1. The minimum absolute atomic E-state index is 0.00377. The summed E-state index contributed by atoms with van der Waals surface area (Å²) < 4.78 is 42.4. The predicted octanol–water partition coefficient (Wildman–Crippen LogP) is 3.59. The van der Waals surface area contributed by atoms with E-state index in [9.17, 15) is 17.9 Å². The van der Waals surface area contributed by atoms with Crippen molar-refractivity contribution in [1.29, 1.82) is 0 Å². The van der Waals surface area contributed by atoms with Crippen molar-refractivity contribution >= 4 is 10.0 Å². The normalized spacial score (nSPS) is 24.0. The van der Waals surface area contributed by atoms with Gasteiger partial charge < -0.3 is 5.11 Å². The van der Waals surface area contributed by atoms with Gasteiger partial charge in [0.15, 0.2) is 0 Å². The van der Waals surface area contributed by atoms with Crippen molar-refractivity contribution in [3.8, 4) is 11.8 Å². The third kappa shape index (κ3) is 4.85. The Morgan fingerprint density at radius 3 is 2.52 bits per heavy atom. The molecular weight excluding hydrogens is 439 g/mol. The average molecular weight is 471 g/mol. The molecule has 2 fully saturated rings. The number of hydrogen-bond acceptors (Lipinski definition) is 4. The highest BCUT2D eigenvalue weighted by Crippen LogP contribution is 2.42. The third-order valence-corrected chi connectivity index (χ3v) is 8.59. The van der Waals surface area contributed by atoms with Crippen LogP contribution in [0.3, 0.4) is 0 Å². The quantitative estimate of drug-likeness (QED) is 0.679. The van der Waals surface area contributed by atoms with E-state index in [4.69, 9.17) is 0 Å². The fourth-order valence-electron chi connectivity index (χ4n) is 5.00. The van der Waals surface area contributed by atoms with Crippen LogP contribution in [-0.2, 0) is 10.0 Å². The zero-order valence-corrected chi connectivity index (χ0v) is 19.8. The van der Waals surface area contributed by atoms with Crippen LogP contribution < -0.4 is 0 Å². The minimum Gasteiger partial charge on any atom is -0.395 e. The molecule has 2 aliphatic rings. The van der Waals surface area contributed by atoms with Gasteiger partial charge >= 0.3 is 0 Å². The molecule has 0 unspecified atom stereocenters. The second kappa shape index (κ2) is 10.4. The maximum Gasteiger partial charge on any atom is 0.246 e. The van der Waals surface area contributed by atoms with Crippen LogP contribution in [0.5, 0.6) is 0 Å². The molecule has 1 N–H and O–H groups in total. The molecule has 0 radical (unpaired) electrons. The molecule has 2 aromatic rings. The highest BCUT2D eigenvalue weighted by atomic mass is 32.2. The molecule has 2 aromatic carbocycles. The van der Waals surface area contributed by atoms with Gasteiger partial charge in [0.25, 0.3) is 0 Å². The Morgan fingerprint density at radius 2 is 1.82 bits per heavy atom. The first-order chi connectivity index (χ1) is 16.0. The highest BCUT2D eigenvalue weighted by molar-refractivity contribution is 7.89. The topological polar surface area (TPSA) is 60.9 Å². The zero-order valence-electron chi connectivity index (χ0n) is 19.0. The van der Waals surface area contributed by atoms with Gasteiger partial charge in [-0.3, -0.25) is 4.90 Å². The summed E-state index contributed by atoms with van der Waals surface area (Å²) in [6, 6.07) is 13.5. The van der Waals surface area contributed by atoms with Crippen LogP contribution >= 0.6 is 0 Å². The Balaban J connectivity index is 1.60. The van der Waals surface area contributed by atoms with Crippen LogP contribution in [0.1, 0.15) is 49.7 Å². The molecule has 0 spiro atoms. The molecule has 0 amide bonds. The summed E-state index contributed by atoms with van der Waals surface area (Å²) in [6.45, 7) is 3.57. The summed E-state index contributed by atoms with van der Waals surface area (Å²) in [5.74, 6) is 5.59. The molecule has 0 saturated carbocycles. The maximum atomic E-state index is 14.4. The molecule has 33 heavy (non-hydrogen) atoms. The molecular formula is C26H31FN2O3S. The smallest absolute Gasteiger partial charge is 0.246 e. The Labute approximate surface area is 196 Å². The van der Waals surface area contributed by atoms with Crippen molar-refractivity contribution < 1.29 is 17.9 Å². The van der Waals surface area contributed by atoms with Gasteiger partial charge in [0, 0.05) is 43.1 Å². The molecule has 4 rings (SSSR count). The van der Waals surface area contributed by atoms with E-state index in [1.807, 2.05) is 24.3 Å². The average Bonchev–Trinajstić information content (AvgIpc) is 2.79. The van der Waals surface area contributed by atoms with Crippen molar-refractivity contribution in [3.05, 3.63) is 65.5 Å². The Bertz CT molecular complexity index is 1120. The lowest BCUT2D eigenvalue weighted by Gasteiger charge is -2.57. The van der Waals surface area contributed by atoms with Crippen LogP contribution in [0.25, 0.3) is 0 Å². The number of rotatable bonds is 5. The number of hydrogen-bond donors (Lipinski definition) is 1. The lowest BCUT2D eigenvalue weighted by Crippen LogP contribution is -2.67. The summed E-state index contributed by atoms with van der Waals surface area (Å²) >= 11 is 0. The van der Waals surface area contributed by atoms with Gasteiger partial charge in [-0.2, -0.15) is 4.31 Å². The van der Waals surface area contributed by atoms with Crippen molar-refractivity contribution in [3.63, 3.8) is 0 Å². The number of aliphatic hydroxyl groups is 1. The van der Waals surface area contributed by atoms with E-state index < -0.39 is 15.8 Å². The van der Waals surface area contributed by atoms with E-state index in [0.717, 1.165) is 36.9 Å². The maximum absolute atomic E-state index is 14.4. The van der Waals surface area contributed by atoms with Gasteiger partial charge in [-0.05, 0) is 55.6 Å². The lowest BCUT2D eigenvalue weighted by atomic mass is 9.74.